The van der Waals surface area contributed by atoms with Crippen molar-refractivity contribution in [3.63, 3.8) is 0 Å². The van der Waals surface area contributed by atoms with E-state index in [1.54, 1.807) is 0 Å². The zero-order valence-electron chi connectivity index (χ0n) is 13.5. The fourth-order valence-corrected chi connectivity index (χ4v) is 2.74. The number of rotatable bonds is 5. The zero-order chi connectivity index (χ0) is 17.0. The summed E-state index contributed by atoms with van der Waals surface area (Å²) in [4.78, 5) is 12.1. The number of amides is 1. The Bertz CT molecular complexity index is 569. The third-order valence-electron chi connectivity index (χ3n) is 4.03. The Morgan fingerprint density at radius 1 is 1.17 bits per heavy atom. The van der Waals surface area contributed by atoms with E-state index in [4.69, 9.17) is 0 Å². The third-order valence-corrected chi connectivity index (χ3v) is 4.03. The molecule has 1 aliphatic carbocycles. The Kier molecular flexibility index (Phi) is 5.91. The molecule has 0 heterocycles. The van der Waals surface area contributed by atoms with E-state index in [2.05, 4.69) is 10.6 Å². The minimum absolute atomic E-state index is 0.0551. The van der Waals surface area contributed by atoms with Crippen molar-refractivity contribution in [2.24, 2.45) is 5.92 Å². The first-order valence-corrected chi connectivity index (χ1v) is 8.12. The number of carbonyl (C=O) groups is 1. The van der Waals surface area contributed by atoms with E-state index >= 15 is 0 Å². The molecular weight excluding hydrogens is 305 g/mol. The summed E-state index contributed by atoms with van der Waals surface area (Å²) in [5, 5.41) is 5.21. The molecule has 1 aromatic carbocycles. The first-order valence-electron chi connectivity index (χ1n) is 8.12. The maximum atomic E-state index is 14.1. The summed E-state index contributed by atoms with van der Waals surface area (Å²) in [6.07, 6.45) is 4.72. The highest BCUT2D eigenvalue weighted by Gasteiger charge is 2.25. The van der Waals surface area contributed by atoms with Crippen LogP contribution in [0.15, 0.2) is 6.07 Å². The number of benzene rings is 1. The Morgan fingerprint density at radius 2 is 1.83 bits per heavy atom. The van der Waals surface area contributed by atoms with Crippen LogP contribution in [0.3, 0.4) is 0 Å². The Balaban J connectivity index is 2.17. The maximum absolute atomic E-state index is 14.1. The van der Waals surface area contributed by atoms with Crippen LogP contribution < -0.4 is 10.6 Å². The van der Waals surface area contributed by atoms with Gasteiger partial charge in [-0.15, -0.1) is 0 Å². The van der Waals surface area contributed by atoms with Crippen molar-refractivity contribution in [2.75, 3.05) is 11.9 Å². The monoisotopic (exact) mass is 328 g/mol. The molecule has 0 bridgehead atoms. The molecule has 0 radical (unpaired) electrons. The molecule has 1 aliphatic rings. The molecule has 0 unspecified atom stereocenters. The second-order valence-corrected chi connectivity index (χ2v) is 6.49. The van der Waals surface area contributed by atoms with Crippen LogP contribution in [0, 0.1) is 23.4 Å². The predicted octanol–water partition coefficient (Wildman–Crippen LogP) is 4.23. The van der Waals surface area contributed by atoms with Crippen LogP contribution in [0.4, 0.5) is 18.9 Å². The molecule has 128 valence electrons. The number of nitrogens with one attached hydrogen (secondary N) is 2. The molecule has 0 atom stereocenters. The van der Waals surface area contributed by atoms with Crippen molar-refractivity contribution in [1.82, 2.24) is 5.32 Å². The standard InChI is InChI=1S/C17H23F3N2O/c1-10(2)9-21-16-13(18)8-12(14(19)15(16)20)17(23)22-11-6-4-3-5-7-11/h8,10-11,21H,3-7,9H2,1-2H3,(H,22,23). The van der Waals surface area contributed by atoms with E-state index < -0.39 is 34.6 Å². The van der Waals surface area contributed by atoms with Gasteiger partial charge in [0.15, 0.2) is 11.6 Å². The van der Waals surface area contributed by atoms with E-state index in [1.165, 1.54) is 0 Å². The lowest BCUT2D eigenvalue weighted by molar-refractivity contribution is 0.0922. The minimum Gasteiger partial charge on any atom is -0.380 e. The Hall–Kier alpha value is -1.72. The summed E-state index contributed by atoms with van der Waals surface area (Å²) in [7, 11) is 0. The van der Waals surface area contributed by atoms with Gasteiger partial charge in [0.2, 0.25) is 0 Å². The number of carbonyl (C=O) groups excluding carboxylic acids is 1. The lowest BCUT2D eigenvalue weighted by Gasteiger charge is -2.23. The highest BCUT2D eigenvalue weighted by molar-refractivity contribution is 5.95. The molecule has 1 amide bonds. The third kappa shape index (κ3) is 4.39. The maximum Gasteiger partial charge on any atom is 0.254 e. The van der Waals surface area contributed by atoms with Crippen LogP contribution in [-0.4, -0.2) is 18.5 Å². The molecule has 23 heavy (non-hydrogen) atoms. The average Bonchev–Trinajstić information content (AvgIpc) is 2.51. The van der Waals surface area contributed by atoms with E-state index in [-0.39, 0.29) is 12.0 Å². The fourth-order valence-electron chi connectivity index (χ4n) is 2.74. The molecule has 1 saturated carbocycles. The summed E-state index contributed by atoms with van der Waals surface area (Å²) >= 11 is 0. The molecule has 0 saturated heterocycles. The average molecular weight is 328 g/mol. The zero-order valence-corrected chi connectivity index (χ0v) is 13.5. The predicted molar refractivity (Wildman–Crippen MR) is 84.0 cm³/mol. The number of hydrogen-bond donors (Lipinski definition) is 2. The van der Waals surface area contributed by atoms with Gasteiger partial charge in [0.25, 0.3) is 5.91 Å². The second kappa shape index (κ2) is 7.70. The van der Waals surface area contributed by atoms with Crippen LogP contribution in [0.25, 0.3) is 0 Å². The van der Waals surface area contributed by atoms with Gasteiger partial charge in [-0.3, -0.25) is 4.79 Å². The number of halogens is 3. The minimum atomic E-state index is -1.35. The first-order chi connectivity index (χ1) is 10.9. The van der Waals surface area contributed by atoms with Gasteiger partial charge >= 0.3 is 0 Å². The quantitative estimate of drug-likeness (QED) is 0.794. The number of hydrogen-bond acceptors (Lipinski definition) is 2. The van der Waals surface area contributed by atoms with Gasteiger partial charge in [-0.25, -0.2) is 13.2 Å². The molecule has 1 fully saturated rings. The highest BCUT2D eigenvalue weighted by Crippen LogP contribution is 2.25. The Morgan fingerprint density at radius 3 is 2.43 bits per heavy atom. The van der Waals surface area contributed by atoms with Crippen LogP contribution in [0.5, 0.6) is 0 Å². The molecule has 0 aliphatic heterocycles. The summed E-state index contributed by atoms with van der Waals surface area (Å²) < 4.78 is 42.2. The van der Waals surface area contributed by atoms with Gasteiger partial charge in [-0.1, -0.05) is 33.1 Å². The molecule has 6 heteroatoms. The van der Waals surface area contributed by atoms with Crippen molar-refractivity contribution < 1.29 is 18.0 Å². The molecule has 2 rings (SSSR count). The van der Waals surface area contributed by atoms with Gasteiger partial charge in [0.1, 0.15) is 11.5 Å². The van der Waals surface area contributed by atoms with Gasteiger partial charge in [-0.05, 0) is 24.8 Å². The topological polar surface area (TPSA) is 41.1 Å². The van der Waals surface area contributed by atoms with Crippen LogP contribution in [-0.2, 0) is 0 Å². The first kappa shape index (κ1) is 17.6. The van der Waals surface area contributed by atoms with E-state index in [0.717, 1.165) is 38.2 Å². The molecule has 0 spiro atoms. The number of anilines is 1. The van der Waals surface area contributed by atoms with Gasteiger partial charge < -0.3 is 10.6 Å². The van der Waals surface area contributed by atoms with Crippen molar-refractivity contribution >= 4 is 11.6 Å². The van der Waals surface area contributed by atoms with E-state index in [9.17, 15) is 18.0 Å². The fraction of sp³-hybridized carbons (Fsp3) is 0.588. The summed E-state index contributed by atoms with van der Waals surface area (Å²) in [6.45, 7) is 4.04. The molecule has 2 N–H and O–H groups in total. The summed E-state index contributed by atoms with van der Waals surface area (Å²) in [5.41, 5.74) is -1.11. The molecule has 3 nitrogen and oxygen atoms in total. The van der Waals surface area contributed by atoms with E-state index in [1.807, 2.05) is 13.8 Å². The van der Waals surface area contributed by atoms with E-state index in [0.29, 0.717) is 6.54 Å². The van der Waals surface area contributed by atoms with Crippen molar-refractivity contribution in [3.05, 3.63) is 29.1 Å². The molecule has 1 aromatic rings. The smallest absolute Gasteiger partial charge is 0.254 e. The lowest BCUT2D eigenvalue weighted by atomic mass is 9.95. The highest BCUT2D eigenvalue weighted by atomic mass is 19.2. The SMILES string of the molecule is CC(C)CNc1c(F)cc(C(=O)NC2CCCCC2)c(F)c1F. The molecule has 0 aromatic heterocycles. The summed E-state index contributed by atoms with van der Waals surface area (Å²) in [6, 6.07) is 0.708. The van der Waals surface area contributed by atoms with Crippen molar-refractivity contribution in [3.8, 4) is 0 Å². The van der Waals surface area contributed by atoms with Crippen LogP contribution in [0.2, 0.25) is 0 Å². The Labute approximate surface area is 134 Å². The normalized spacial score (nSPS) is 15.7. The molecular formula is C17H23F3N2O. The largest absolute Gasteiger partial charge is 0.380 e. The second-order valence-electron chi connectivity index (χ2n) is 6.49. The lowest BCUT2D eigenvalue weighted by Crippen LogP contribution is -2.36. The van der Waals surface area contributed by atoms with Gasteiger partial charge in [-0.2, -0.15) is 0 Å². The van der Waals surface area contributed by atoms with Crippen molar-refractivity contribution in [1.29, 1.82) is 0 Å². The van der Waals surface area contributed by atoms with Gasteiger partial charge in [0, 0.05) is 12.6 Å². The van der Waals surface area contributed by atoms with Gasteiger partial charge in [0.05, 0.1) is 5.56 Å². The van der Waals surface area contributed by atoms with Crippen molar-refractivity contribution in [2.45, 2.75) is 52.0 Å². The van der Waals surface area contributed by atoms with Crippen LogP contribution >= 0.6 is 0 Å². The summed E-state index contributed by atoms with van der Waals surface area (Å²) in [5.74, 6) is -4.24. The van der Waals surface area contributed by atoms with Crippen LogP contribution in [0.1, 0.15) is 56.3 Å².